The zero-order valence-corrected chi connectivity index (χ0v) is 10.3. The summed E-state index contributed by atoms with van der Waals surface area (Å²) in [5.41, 5.74) is 2.45. The number of benzene rings is 1. The molecule has 17 heavy (non-hydrogen) atoms. The van der Waals surface area contributed by atoms with Gasteiger partial charge in [0.2, 0.25) is 0 Å². The summed E-state index contributed by atoms with van der Waals surface area (Å²) in [5, 5.41) is 3.53. The number of nitrogens with one attached hydrogen (secondary N) is 1. The third-order valence-electron chi connectivity index (χ3n) is 3.60. The average Bonchev–Trinajstić information content (AvgIpc) is 2.86. The van der Waals surface area contributed by atoms with Crippen molar-refractivity contribution in [1.82, 2.24) is 5.32 Å². The third kappa shape index (κ3) is 2.12. The van der Waals surface area contributed by atoms with Crippen LogP contribution in [-0.4, -0.2) is 25.8 Å². The molecule has 0 aliphatic carbocycles. The molecule has 0 amide bonds. The lowest BCUT2D eigenvalue weighted by molar-refractivity contribution is 0.168. The molecule has 1 fully saturated rings. The second kappa shape index (κ2) is 4.57. The van der Waals surface area contributed by atoms with Crippen molar-refractivity contribution in [2.24, 2.45) is 0 Å². The molecule has 0 bridgehead atoms. The summed E-state index contributed by atoms with van der Waals surface area (Å²) in [6.07, 6.45) is 3.60. The molecule has 0 aromatic heterocycles. The van der Waals surface area contributed by atoms with E-state index in [1.165, 1.54) is 24.0 Å². The Labute approximate surface area is 102 Å². The van der Waals surface area contributed by atoms with Crippen molar-refractivity contribution in [3.63, 3.8) is 0 Å². The topological polar surface area (TPSA) is 30.5 Å². The van der Waals surface area contributed by atoms with Gasteiger partial charge in [-0.25, -0.2) is 0 Å². The molecule has 0 radical (unpaired) electrons. The molecule has 92 valence electrons. The molecule has 1 aromatic rings. The fourth-order valence-corrected chi connectivity index (χ4v) is 2.68. The molecular weight excluding hydrogens is 214 g/mol. The van der Waals surface area contributed by atoms with Gasteiger partial charge in [-0.15, -0.1) is 0 Å². The Balaban J connectivity index is 1.88. The van der Waals surface area contributed by atoms with Gasteiger partial charge in [0.05, 0.1) is 0 Å². The van der Waals surface area contributed by atoms with Crippen LogP contribution < -0.4 is 14.8 Å². The monoisotopic (exact) mass is 233 g/mol. The summed E-state index contributed by atoms with van der Waals surface area (Å²) in [5.74, 6) is 1.93. The lowest BCUT2D eigenvalue weighted by atomic mass is 10.0. The maximum Gasteiger partial charge on any atom is 0.164 e. The van der Waals surface area contributed by atoms with Crippen molar-refractivity contribution in [1.29, 1.82) is 0 Å². The quantitative estimate of drug-likeness (QED) is 0.848. The van der Waals surface area contributed by atoms with E-state index in [9.17, 15) is 0 Å². The highest BCUT2D eigenvalue weighted by Crippen LogP contribution is 2.37. The number of hydrogen-bond acceptors (Lipinski definition) is 3. The van der Waals surface area contributed by atoms with Crippen molar-refractivity contribution >= 4 is 0 Å². The maximum atomic E-state index is 5.79. The van der Waals surface area contributed by atoms with E-state index in [-0.39, 0.29) is 0 Å². The largest absolute Gasteiger partial charge is 0.486 e. The van der Waals surface area contributed by atoms with Crippen LogP contribution in [0, 0.1) is 6.92 Å². The molecular formula is C14H19NO2. The van der Waals surface area contributed by atoms with Crippen molar-refractivity contribution in [3.05, 3.63) is 23.3 Å². The fourth-order valence-electron chi connectivity index (χ4n) is 2.68. The van der Waals surface area contributed by atoms with Gasteiger partial charge in [0.25, 0.3) is 0 Å². The number of hydrogen-bond donors (Lipinski definition) is 1. The molecule has 2 aliphatic heterocycles. The molecule has 0 saturated carbocycles. The summed E-state index contributed by atoms with van der Waals surface area (Å²) in [7, 11) is 0. The molecule has 2 aliphatic rings. The van der Waals surface area contributed by atoms with E-state index in [1.807, 2.05) is 0 Å². The lowest BCUT2D eigenvalue weighted by Crippen LogP contribution is -2.25. The van der Waals surface area contributed by atoms with E-state index in [2.05, 4.69) is 24.4 Å². The highest BCUT2D eigenvalue weighted by atomic mass is 16.6. The van der Waals surface area contributed by atoms with Gasteiger partial charge in [-0.2, -0.15) is 0 Å². The zero-order valence-electron chi connectivity index (χ0n) is 10.3. The first kappa shape index (κ1) is 10.9. The first-order valence-corrected chi connectivity index (χ1v) is 6.46. The van der Waals surface area contributed by atoms with E-state index in [0.717, 1.165) is 24.5 Å². The predicted molar refractivity (Wildman–Crippen MR) is 66.9 cm³/mol. The molecule has 1 atom stereocenters. The fraction of sp³-hybridized carbons (Fsp3) is 0.571. The summed E-state index contributed by atoms with van der Waals surface area (Å²) in [6, 6.07) is 4.92. The second-order valence-electron chi connectivity index (χ2n) is 4.89. The summed E-state index contributed by atoms with van der Waals surface area (Å²) >= 11 is 0. The van der Waals surface area contributed by atoms with Crippen molar-refractivity contribution in [2.45, 2.75) is 32.2 Å². The Morgan fingerprint density at radius 2 is 2.06 bits per heavy atom. The Kier molecular flexibility index (Phi) is 2.93. The van der Waals surface area contributed by atoms with E-state index >= 15 is 0 Å². The number of ether oxygens (including phenoxy) is 2. The first-order chi connectivity index (χ1) is 8.34. The molecule has 2 heterocycles. The molecule has 1 aromatic carbocycles. The van der Waals surface area contributed by atoms with Crippen molar-refractivity contribution in [2.75, 3.05) is 19.8 Å². The minimum atomic E-state index is 0.604. The minimum Gasteiger partial charge on any atom is -0.486 e. The van der Waals surface area contributed by atoms with Crippen LogP contribution in [0.15, 0.2) is 12.1 Å². The van der Waals surface area contributed by atoms with Crippen LogP contribution in [0.5, 0.6) is 11.5 Å². The van der Waals surface area contributed by atoms with Gasteiger partial charge in [-0.05, 0) is 43.9 Å². The first-order valence-electron chi connectivity index (χ1n) is 6.46. The van der Waals surface area contributed by atoms with E-state index < -0.39 is 0 Å². The second-order valence-corrected chi connectivity index (χ2v) is 4.89. The molecule has 1 saturated heterocycles. The van der Waals surface area contributed by atoms with Crippen LogP contribution in [-0.2, 0) is 6.42 Å². The van der Waals surface area contributed by atoms with Gasteiger partial charge < -0.3 is 14.8 Å². The van der Waals surface area contributed by atoms with Gasteiger partial charge in [0.15, 0.2) is 11.5 Å². The van der Waals surface area contributed by atoms with Crippen molar-refractivity contribution < 1.29 is 9.47 Å². The average molecular weight is 233 g/mol. The molecule has 1 N–H and O–H groups in total. The normalized spacial score (nSPS) is 22.8. The molecule has 0 spiro atoms. The van der Waals surface area contributed by atoms with E-state index in [4.69, 9.17) is 9.47 Å². The van der Waals surface area contributed by atoms with Gasteiger partial charge in [0, 0.05) is 6.04 Å². The standard InChI is InChI=1S/C14H19NO2/c1-10-4-5-11(9-12-3-2-6-15-12)14-13(10)16-7-8-17-14/h4-5,12,15H,2-3,6-9H2,1H3. The van der Waals surface area contributed by atoms with Crippen molar-refractivity contribution in [3.8, 4) is 11.5 Å². The molecule has 3 nitrogen and oxygen atoms in total. The van der Waals surface area contributed by atoms with Crippen LogP contribution in [0.25, 0.3) is 0 Å². The van der Waals surface area contributed by atoms with E-state index in [0.29, 0.717) is 19.3 Å². The van der Waals surface area contributed by atoms with Crippen LogP contribution in [0.3, 0.4) is 0 Å². The lowest BCUT2D eigenvalue weighted by Gasteiger charge is -2.23. The predicted octanol–water partition coefficient (Wildman–Crippen LogP) is 2.06. The zero-order chi connectivity index (χ0) is 11.7. The Morgan fingerprint density at radius 3 is 2.82 bits per heavy atom. The summed E-state index contributed by atoms with van der Waals surface area (Å²) in [4.78, 5) is 0. The van der Waals surface area contributed by atoms with Gasteiger partial charge >= 0.3 is 0 Å². The maximum absolute atomic E-state index is 5.79. The Bertz CT molecular complexity index is 411. The molecule has 1 unspecified atom stereocenters. The number of fused-ring (bicyclic) bond motifs is 1. The Hall–Kier alpha value is -1.22. The highest BCUT2D eigenvalue weighted by Gasteiger charge is 2.22. The van der Waals surface area contributed by atoms with Gasteiger partial charge in [0.1, 0.15) is 13.2 Å². The molecule has 3 heteroatoms. The van der Waals surface area contributed by atoms with E-state index in [1.54, 1.807) is 0 Å². The van der Waals surface area contributed by atoms with Crippen LogP contribution in [0.4, 0.5) is 0 Å². The minimum absolute atomic E-state index is 0.604. The molecule has 3 rings (SSSR count). The van der Waals surface area contributed by atoms with Crippen LogP contribution in [0.2, 0.25) is 0 Å². The van der Waals surface area contributed by atoms with Gasteiger partial charge in [-0.3, -0.25) is 0 Å². The number of aryl methyl sites for hydroxylation is 1. The van der Waals surface area contributed by atoms with Gasteiger partial charge in [-0.1, -0.05) is 12.1 Å². The SMILES string of the molecule is Cc1ccc(CC2CCCN2)c2c1OCCO2. The number of rotatable bonds is 2. The van der Waals surface area contributed by atoms with Crippen LogP contribution in [0.1, 0.15) is 24.0 Å². The Morgan fingerprint density at radius 1 is 1.24 bits per heavy atom. The smallest absolute Gasteiger partial charge is 0.164 e. The third-order valence-corrected chi connectivity index (χ3v) is 3.60. The summed E-state index contributed by atoms with van der Waals surface area (Å²) in [6.45, 7) is 4.56. The highest BCUT2D eigenvalue weighted by molar-refractivity contribution is 5.52. The summed E-state index contributed by atoms with van der Waals surface area (Å²) < 4.78 is 11.5. The van der Waals surface area contributed by atoms with Crippen LogP contribution >= 0.6 is 0 Å².